The predicted molar refractivity (Wildman–Crippen MR) is 89.2 cm³/mol. The molecular formula is C14H16N2O6S2. The molecule has 0 aliphatic rings. The number of hydrogen-bond acceptors (Lipinski definition) is 6. The molecule has 0 aromatic heterocycles. The molecule has 0 saturated carbocycles. The Morgan fingerprint density at radius 3 is 1.42 bits per heavy atom. The Bertz CT molecular complexity index is 864. The van der Waals surface area contributed by atoms with Gasteiger partial charge in [0.2, 0.25) is 0 Å². The molecule has 0 spiro atoms. The molecule has 0 unspecified atom stereocenters. The van der Waals surface area contributed by atoms with Crippen molar-refractivity contribution >= 4 is 31.6 Å². The molecule has 2 rings (SSSR count). The monoisotopic (exact) mass is 372 g/mol. The van der Waals surface area contributed by atoms with Gasteiger partial charge in [-0.1, -0.05) is 24.3 Å². The average molecular weight is 372 g/mol. The number of rotatable bonds is 6. The van der Waals surface area contributed by atoms with Crippen LogP contribution in [0.25, 0.3) is 0 Å². The third kappa shape index (κ3) is 4.45. The fraction of sp³-hybridized carbons (Fsp3) is 0.143. The van der Waals surface area contributed by atoms with Crippen LogP contribution in [0.15, 0.2) is 58.3 Å². The Hall–Kier alpha value is -2.14. The number of hydrogen-bond donors (Lipinski definition) is 4. The van der Waals surface area contributed by atoms with Gasteiger partial charge >= 0.3 is 0 Å². The van der Waals surface area contributed by atoms with Gasteiger partial charge in [0.05, 0.1) is 17.5 Å². The van der Waals surface area contributed by atoms with E-state index in [1.165, 1.54) is 36.4 Å². The summed E-state index contributed by atoms with van der Waals surface area (Å²) in [6, 6.07) is 11.4. The molecule has 4 N–H and O–H groups in total. The lowest BCUT2D eigenvalue weighted by Crippen LogP contribution is -2.26. The summed E-state index contributed by atoms with van der Waals surface area (Å²) in [7, 11) is -8.82. The highest BCUT2D eigenvalue weighted by atomic mass is 32.2. The second kappa shape index (κ2) is 6.77. The summed E-state index contributed by atoms with van der Waals surface area (Å²) in [6.07, 6.45) is -0.615. The first-order valence-electron chi connectivity index (χ1n) is 6.75. The van der Waals surface area contributed by atoms with E-state index in [4.69, 9.17) is 0 Å². The molecule has 0 radical (unpaired) electrons. The molecule has 24 heavy (non-hydrogen) atoms. The van der Waals surface area contributed by atoms with E-state index in [0.29, 0.717) is 0 Å². The van der Waals surface area contributed by atoms with Crippen LogP contribution in [0.4, 0.5) is 11.4 Å². The van der Waals surface area contributed by atoms with Crippen molar-refractivity contribution in [3.05, 3.63) is 48.5 Å². The van der Waals surface area contributed by atoms with Crippen LogP contribution in [0.3, 0.4) is 0 Å². The highest BCUT2D eigenvalue weighted by molar-refractivity contribution is 7.86. The van der Waals surface area contributed by atoms with Crippen LogP contribution in [-0.2, 0) is 20.2 Å². The molecule has 0 amide bonds. The summed E-state index contributed by atoms with van der Waals surface area (Å²) in [5, 5.41) is 5.63. The van der Waals surface area contributed by atoms with Crippen molar-refractivity contribution < 1.29 is 25.9 Å². The number of para-hydroxylation sites is 2. The Kier molecular flexibility index (Phi) is 5.13. The van der Waals surface area contributed by atoms with E-state index in [1.54, 1.807) is 19.1 Å². The number of anilines is 2. The highest BCUT2D eigenvalue weighted by Crippen LogP contribution is 2.24. The molecule has 0 bridgehead atoms. The van der Waals surface area contributed by atoms with Gasteiger partial charge in [0, 0.05) is 0 Å². The third-order valence-corrected chi connectivity index (χ3v) is 4.90. The van der Waals surface area contributed by atoms with Gasteiger partial charge in [-0.05, 0) is 31.2 Å². The van der Waals surface area contributed by atoms with Crippen molar-refractivity contribution in [3.63, 3.8) is 0 Å². The lowest BCUT2D eigenvalue weighted by Gasteiger charge is -2.20. The first kappa shape index (κ1) is 18.2. The van der Waals surface area contributed by atoms with Gasteiger partial charge in [0.15, 0.2) is 0 Å². The van der Waals surface area contributed by atoms with Crippen molar-refractivity contribution in [2.24, 2.45) is 0 Å². The van der Waals surface area contributed by atoms with Crippen molar-refractivity contribution in [1.82, 2.24) is 0 Å². The summed E-state index contributed by atoms with van der Waals surface area (Å²) in [5.74, 6) is 0. The first-order chi connectivity index (χ1) is 11.1. The molecule has 0 aliphatic heterocycles. The van der Waals surface area contributed by atoms with Gasteiger partial charge in [-0.2, -0.15) is 16.8 Å². The normalized spacial score (nSPS) is 12.2. The lowest BCUT2D eigenvalue weighted by molar-refractivity contribution is 0.481. The van der Waals surface area contributed by atoms with Crippen LogP contribution in [0.5, 0.6) is 0 Å². The summed E-state index contributed by atoms with van der Waals surface area (Å²) < 4.78 is 63.9. The second-order valence-corrected chi connectivity index (χ2v) is 7.73. The number of benzene rings is 2. The van der Waals surface area contributed by atoms with E-state index in [1.807, 2.05) is 0 Å². The fourth-order valence-electron chi connectivity index (χ4n) is 2.12. The highest BCUT2D eigenvalue weighted by Gasteiger charge is 2.18. The molecule has 10 heteroatoms. The van der Waals surface area contributed by atoms with E-state index in [0.717, 1.165) is 0 Å². The van der Waals surface area contributed by atoms with Crippen LogP contribution >= 0.6 is 0 Å². The van der Waals surface area contributed by atoms with Gasteiger partial charge in [-0.3, -0.25) is 9.11 Å². The van der Waals surface area contributed by atoms with Gasteiger partial charge in [-0.25, -0.2) is 0 Å². The summed E-state index contributed by atoms with van der Waals surface area (Å²) in [4.78, 5) is -0.608. The van der Waals surface area contributed by atoms with Crippen molar-refractivity contribution in [2.75, 3.05) is 10.6 Å². The standard InChI is InChI=1S/C14H16N2O6S2/c1-10(15-11-6-2-4-8-13(11)23(17,18)19)16-12-7-3-5-9-14(12)24(20,21)22/h2-10,15-16H,1H3,(H,17,18,19)(H,20,21,22). The molecule has 0 saturated heterocycles. The predicted octanol–water partition coefficient (Wildman–Crippen LogP) is 2.05. The molecule has 0 aliphatic carbocycles. The summed E-state index contributed by atoms with van der Waals surface area (Å²) in [5.41, 5.74) is 0.286. The minimum atomic E-state index is -4.41. The van der Waals surface area contributed by atoms with E-state index >= 15 is 0 Å². The van der Waals surface area contributed by atoms with E-state index in [-0.39, 0.29) is 21.2 Å². The maximum Gasteiger partial charge on any atom is 0.296 e. The average Bonchev–Trinajstić information content (AvgIpc) is 2.46. The van der Waals surface area contributed by atoms with Crippen LogP contribution < -0.4 is 10.6 Å². The van der Waals surface area contributed by atoms with Crippen molar-refractivity contribution in [1.29, 1.82) is 0 Å². The minimum Gasteiger partial charge on any atom is -0.364 e. The van der Waals surface area contributed by atoms with E-state index in [2.05, 4.69) is 10.6 Å². The Balaban J connectivity index is 2.27. The van der Waals surface area contributed by atoms with Gasteiger partial charge in [0.25, 0.3) is 20.2 Å². The van der Waals surface area contributed by atoms with Crippen LogP contribution in [-0.4, -0.2) is 32.1 Å². The van der Waals surface area contributed by atoms with Gasteiger partial charge in [-0.15, -0.1) is 0 Å². The Morgan fingerprint density at radius 2 is 1.08 bits per heavy atom. The quantitative estimate of drug-likeness (QED) is 0.447. The lowest BCUT2D eigenvalue weighted by atomic mass is 10.3. The molecule has 2 aromatic carbocycles. The van der Waals surface area contributed by atoms with Gasteiger partial charge < -0.3 is 10.6 Å². The molecule has 0 fully saturated rings. The SMILES string of the molecule is CC(Nc1ccccc1S(=O)(=O)O)Nc1ccccc1S(=O)(=O)O. The van der Waals surface area contributed by atoms with Crippen LogP contribution in [0, 0.1) is 0 Å². The van der Waals surface area contributed by atoms with E-state index in [9.17, 15) is 25.9 Å². The number of nitrogens with one attached hydrogen (secondary N) is 2. The maximum atomic E-state index is 11.4. The first-order valence-corrected chi connectivity index (χ1v) is 9.63. The largest absolute Gasteiger partial charge is 0.364 e. The zero-order valence-corrected chi connectivity index (χ0v) is 14.2. The molecular weight excluding hydrogens is 356 g/mol. The van der Waals surface area contributed by atoms with Gasteiger partial charge in [0.1, 0.15) is 9.79 Å². The zero-order valence-electron chi connectivity index (χ0n) is 12.5. The third-order valence-electron chi connectivity index (χ3n) is 3.07. The summed E-state index contributed by atoms with van der Waals surface area (Å²) in [6.45, 7) is 1.61. The fourth-order valence-corrected chi connectivity index (χ4v) is 3.44. The van der Waals surface area contributed by atoms with Crippen LogP contribution in [0.2, 0.25) is 0 Å². The maximum absolute atomic E-state index is 11.4. The Labute approximate surface area is 140 Å². The molecule has 8 nitrogen and oxygen atoms in total. The van der Waals surface area contributed by atoms with E-state index < -0.39 is 26.4 Å². The van der Waals surface area contributed by atoms with Crippen molar-refractivity contribution in [3.8, 4) is 0 Å². The van der Waals surface area contributed by atoms with Crippen molar-refractivity contribution in [2.45, 2.75) is 22.9 Å². The molecule has 2 aromatic rings. The molecule has 0 heterocycles. The Morgan fingerprint density at radius 1 is 0.750 bits per heavy atom. The smallest absolute Gasteiger partial charge is 0.296 e. The van der Waals surface area contributed by atoms with Crippen LogP contribution in [0.1, 0.15) is 6.92 Å². The topological polar surface area (TPSA) is 133 Å². The second-order valence-electron chi connectivity index (χ2n) is 4.95. The molecule has 0 atom stereocenters. The molecule has 130 valence electrons. The zero-order chi connectivity index (χ0) is 18.0. The minimum absolute atomic E-state index is 0.143. The summed E-state index contributed by atoms with van der Waals surface area (Å²) >= 11 is 0.